The minimum Gasteiger partial charge on any atom is -0.340 e. The van der Waals surface area contributed by atoms with Gasteiger partial charge in [-0.25, -0.2) is 0 Å². The van der Waals surface area contributed by atoms with Crippen LogP contribution in [0.1, 0.15) is 58.8 Å². The molecule has 0 heterocycles. The van der Waals surface area contributed by atoms with Crippen LogP contribution in [-0.4, -0.2) is 11.9 Å². The zero-order chi connectivity index (χ0) is 13.8. The molecule has 1 amide bonds. The second-order valence-electron chi connectivity index (χ2n) is 6.67. The lowest BCUT2D eigenvalue weighted by atomic mass is 9.67. The normalized spacial score (nSPS) is 32.2. The first kappa shape index (κ1) is 14.4. The van der Waals surface area contributed by atoms with Crippen molar-refractivity contribution in [3.63, 3.8) is 0 Å². The molecule has 2 saturated carbocycles. The largest absolute Gasteiger partial charge is 0.340 e. The molecule has 0 radical (unpaired) electrons. The van der Waals surface area contributed by atoms with Crippen LogP contribution in [0.5, 0.6) is 0 Å². The highest BCUT2D eigenvalue weighted by Gasteiger charge is 2.35. The van der Waals surface area contributed by atoms with Gasteiger partial charge in [-0.3, -0.25) is 4.79 Å². The zero-order valence-electron chi connectivity index (χ0n) is 12.2. The van der Waals surface area contributed by atoms with Crippen LogP contribution in [0.4, 0.5) is 0 Å². The summed E-state index contributed by atoms with van der Waals surface area (Å²) in [7, 11) is 0. The molecule has 0 aliphatic heterocycles. The summed E-state index contributed by atoms with van der Waals surface area (Å²) >= 11 is 0. The van der Waals surface area contributed by atoms with E-state index < -0.39 is 0 Å². The van der Waals surface area contributed by atoms with Crippen LogP contribution in [0.15, 0.2) is 0 Å². The average Bonchev–Trinajstić information content (AvgIpc) is 2.43. The molecule has 0 aromatic rings. The predicted molar refractivity (Wildman–Crippen MR) is 75.2 cm³/mol. The van der Waals surface area contributed by atoms with Gasteiger partial charge in [-0.1, -0.05) is 39.5 Å². The van der Waals surface area contributed by atoms with Crippen molar-refractivity contribution in [1.29, 1.82) is 5.26 Å². The average molecular weight is 262 g/mol. The molecular formula is C16H26N2O. The number of rotatable bonds is 3. The minimum atomic E-state index is -0.337. The van der Waals surface area contributed by atoms with Crippen molar-refractivity contribution < 1.29 is 4.79 Å². The molecule has 0 aromatic carbocycles. The van der Waals surface area contributed by atoms with Gasteiger partial charge in [-0.15, -0.1) is 0 Å². The number of carbonyl (C=O) groups is 1. The van der Waals surface area contributed by atoms with E-state index in [-0.39, 0.29) is 23.8 Å². The van der Waals surface area contributed by atoms with E-state index in [1.165, 1.54) is 32.1 Å². The zero-order valence-corrected chi connectivity index (χ0v) is 12.2. The summed E-state index contributed by atoms with van der Waals surface area (Å²) < 4.78 is 0. The summed E-state index contributed by atoms with van der Waals surface area (Å²) in [5.74, 6) is 2.07. The van der Waals surface area contributed by atoms with Crippen molar-refractivity contribution in [2.24, 2.45) is 23.7 Å². The second-order valence-corrected chi connectivity index (χ2v) is 6.67. The van der Waals surface area contributed by atoms with Gasteiger partial charge in [-0.2, -0.15) is 5.26 Å². The van der Waals surface area contributed by atoms with Crippen LogP contribution in [0.25, 0.3) is 0 Å². The van der Waals surface area contributed by atoms with E-state index in [0.717, 1.165) is 24.7 Å². The third-order valence-electron chi connectivity index (χ3n) is 5.01. The van der Waals surface area contributed by atoms with Gasteiger partial charge in [0, 0.05) is 5.92 Å². The number of amides is 1. The highest BCUT2D eigenvalue weighted by molar-refractivity contribution is 5.79. The van der Waals surface area contributed by atoms with Gasteiger partial charge in [-0.05, 0) is 37.0 Å². The van der Waals surface area contributed by atoms with Crippen molar-refractivity contribution in [3.05, 3.63) is 0 Å². The highest BCUT2D eigenvalue weighted by Crippen LogP contribution is 2.42. The Morgan fingerprint density at radius 1 is 1.16 bits per heavy atom. The molecule has 3 nitrogen and oxygen atoms in total. The molecule has 1 N–H and O–H groups in total. The smallest absolute Gasteiger partial charge is 0.224 e. The van der Waals surface area contributed by atoms with Gasteiger partial charge < -0.3 is 5.32 Å². The predicted octanol–water partition coefficient (Wildman–Crippen LogP) is 3.26. The van der Waals surface area contributed by atoms with E-state index in [2.05, 4.69) is 11.4 Å². The molecule has 4 unspecified atom stereocenters. The maximum absolute atomic E-state index is 12.3. The summed E-state index contributed by atoms with van der Waals surface area (Å²) in [4.78, 5) is 12.3. The Labute approximate surface area is 116 Å². The molecule has 106 valence electrons. The summed E-state index contributed by atoms with van der Waals surface area (Å²) in [6.45, 7) is 3.96. The van der Waals surface area contributed by atoms with Gasteiger partial charge in [0.05, 0.1) is 6.07 Å². The van der Waals surface area contributed by atoms with E-state index in [9.17, 15) is 4.79 Å². The first-order chi connectivity index (χ1) is 9.11. The number of nitrogens with one attached hydrogen (secondary N) is 1. The summed E-state index contributed by atoms with van der Waals surface area (Å²) in [6, 6.07) is 1.86. The molecule has 2 fully saturated rings. The second kappa shape index (κ2) is 6.41. The fourth-order valence-electron chi connectivity index (χ4n) is 3.73. The van der Waals surface area contributed by atoms with E-state index in [1.807, 2.05) is 13.8 Å². The van der Waals surface area contributed by atoms with Gasteiger partial charge in [0.25, 0.3) is 0 Å². The Kier molecular flexibility index (Phi) is 4.85. The van der Waals surface area contributed by atoms with Crippen LogP contribution >= 0.6 is 0 Å². The lowest BCUT2D eigenvalue weighted by Crippen LogP contribution is -2.43. The molecule has 0 spiro atoms. The maximum atomic E-state index is 12.3. The maximum Gasteiger partial charge on any atom is 0.224 e. The van der Waals surface area contributed by atoms with Crippen LogP contribution in [0, 0.1) is 35.0 Å². The third kappa shape index (κ3) is 3.49. The lowest BCUT2D eigenvalue weighted by molar-refractivity contribution is -0.127. The Hall–Kier alpha value is -1.04. The SMILES string of the molecule is CC(C)C(C#N)NC(=O)C1CCC2CCCCC2C1. The molecule has 4 atom stereocenters. The molecule has 2 aliphatic rings. The van der Waals surface area contributed by atoms with Crippen LogP contribution < -0.4 is 5.32 Å². The number of hydrogen-bond acceptors (Lipinski definition) is 2. The van der Waals surface area contributed by atoms with Crippen molar-refractivity contribution >= 4 is 5.91 Å². The number of nitrogens with zero attached hydrogens (tertiary/aromatic N) is 1. The number of carbonyl (C=O) groups excluding carboxylic acids is 1. The van der Waals surface area contributed by atoms with Crippen LogP contribution in [0.3, 0.4) is 0 Å². The monoisotopic (exact) mass is 262 g/mol. The molecular weight excluding hydrogens is 236 g/mol. The van der Waals surface area contributed by atoms with Crippen LogP contribution in [-0.2, 0) is 4.79 Å². The Morgan fingerprint density at radius 2 is 1.84 bits per heavy atom. The van der Waals surface area contributed by atoms with E-state index >= 15 is 0 Å². The van der Waals surface area contributed by atoms with Crippen molar-refractivity contribution in [1.82, 2.24) is 5.32 Å². The Morgan fingerprint density at radius 3 is 2.47 bits per heavy atom. The molecule has 3 heteroatoms. The molecule has 0 saturated heterocycles. The van der Waals surface area contributed by atoms with Crippen LogP contribution in [0.2, 0.25) is 0 Å². The number of hydrogen-bond donors (Lipinski definition) is 1. The quantitative estimate of drug-likeness (QED) is 0.848. The standard InChI is InChI=1S/C16H26N2O/c1-11(2)15(10-17)18-16(19)14-8-7-12-5-3-4-6-13(12)9-14/h11-15H,3-9H2,1-2H3,(H,18,19). The van der Waals surface area contributed by atoms with Gasteiger partial charge >= 0.3 is 0 Å². The summed E-state index contributed by atoms with van der Waals surface area (Å²) in [6.07, 6.45) is 8.66. The van der Waals surface area contributed by atoms with Gasteiger partial charge in [0.15, 0.2) is 0 Å². The lowest BCUT2D eigenvalue weighted by Gasteiger charge is -2.39. The topological polar surface area (TPSA) is 52.9 Å². The fourth-order valence-corrected chi connectivity index (χ4v) is 3.73. The fraction of sp³-hybridized carbons (Fsp3) is 0.875. The number of fused-ring (bicyclic) bond motifs is 1. The molecule has 0 aromatic heterocycles. The van der Waals surface area contributed by atoms with E-state index in [4.69, 9.17) is 5.26 Å². The van der Waals surface area contributed by atoms with Gasteiger partial charge in [0.2, 0.25) is 5.91 Å². The third-order valence-corrected chi connectivity index (χ3v) is 5.01. The minimum absolute atomic E-state index is 0.115. The number of nitriles is 1. The summed E-state index contributed by atoms with van der Waals surface area (Å²) in [5, 5.41) is 12.0. The van der Waals surface area contributed by atoms with E-state index in [0.29, 0.717) is 0 Å². The Bertz CT molecular complexity index is 358. The van der Waals surface area contributed by atoms with Crippen molar-refractivity contribution in [2.45, 2.75) is 64.8 Å². The van der Waals surface area contributed by atoms with Crippen molar-refractivity contribution in [3.8, 4) is 6.07 Å². The van der Waals surface area contributed by atoms with Gasteiger partial charge in [0.1, 0.15) is 6.04 Å². The molecule has 2 rings (SSSR count). The molecule has 19 heavy (non-hydrogen) atoms. The first-order valence-corrected chi connectivity index (χ1v) is 7.81. The van der Waals surface area contributed by atoms with Crippen molar-refractivity contribution in [2.75, 3.05) is 0 Å². The molecule has 2 aliphatic carbocycles. The Balaban J connectivity index is 1.88. The molecule has 0 bridgehead atoms. The first-order valence-electron chi connectivity index (χ1n) is 7.81. The van der Waals surface area contributed by atoms with E-state index in [1.54, 1.807) is 0 Å². The highest BCUT2D eigenvalue weighted by atomic mass is 16.1. The summed E-state index contributed by atoms with van der Waals surface area (Å²) in [5.41, 5.74) is 0.